The van der Waals surface area contributed by atoms with Crippen LogP contribution in [-0.4, -0.2) is 43.6 Å². The number of hydrogen-bond donors (Lipinski definition) is 4. The third-order valence-corrected chi connectivity index (χ3v) is 5.09. The number of nitrogens with two attached hydrogens (primary N) is 2. The molecule has 30 heavy (non-hydrogen) atoms. The lowest BCUT2D eigenvalue weighted by molar-refractivity contribution is -0.126. The number of primary amides is 1. The maximum absolute atomic E-state index is 12.4. The van der Waals surface area contributed by atoms with E-state index >= 15 is 0 Å². The topological polar surface area (TPSA) is 137 Å². The Labute approximate surface area is 175 Å². The smallest absolute Gasteiger partial charge is 0.407 e. The third kappa shape index (κ3) is 4.96. The highest BCUT2D eigenvalue weighted by molar-refractivity contribution is 5.89. The number of alkyl carbamates (subject to hydrolysis) is 1. The second kappa shape index (κ2) is 9.89. The maximum atomic E-state index is 12.4. The first-order valence-corrected chi connectivity index (χ1v) is 9.89. The lowest BCUT2D eigenvalue weighted by atomic mass is 9.98. The molecule has 0 aromatic heterocycles. The quantitative estimate of drug-likeness (QED) is 0.493. The summed E-state index contributed by atoms with van der Waals surface area (Å²) in [5, 5.41) is 4.96. The van der Waals surface area contributed by atoms with Gasteiger partial charge in [-0.25, -0.2) is 4.79 Å². The van der Waals surface area contributed by atoms with Crippen molar-refractivity contribution in [3.63, 3.8) is 0 Å². The third-order valence-electron chi connectivity index (χ3n) is 5.09. The molecule has 0 fully saturated rings. The Bertz CT molecular complexity index is 885. The summed E-state index contributed by atoms with van der Waals surface area (Å²) in [5.41, 5.74) is 15.0. The summed E-state index contributed by atoms with van der Waals surface area (Å²) < 4.78 is 5.47. The second-order valence-corrected chi connectivity index (χ2v) is 7.14. The van der Waals surface area contributed by atoms with E-state index in [9.17, 15) is 14.4 Å². The molecule has 3 rings (SSSR count). The predicted octanol–water partition coefficient (Wildman–Crippen LogP) is 1.23. The number of amides is 3. The molecule has 0 heterocycles. The average Bonchev–Trinajstić information content (AvgIpc) is 3.07. The SMILES string of the molecule is NCCC[C@H](NC(=O)OCC1c2ccccc2-c2ccccc21)C(=O)NCC(N)=O. The van der Waals surface area contributed by atoms with Gasteiger partial charge in [0, 0.05) is 5.92 Å². The van der Waals surface area contributed by atoms with Gasteiger partial charge in [0.15, 0.2) is 0 Å². The fraction of sp³-hybridized carbons (Fsp3) is 0.318. The number of carbonyl (C=O) groups is 3. The fourth-order valence-corrected chi connectivity index (χ4v) is 3.67. The molecular formula is C22H26N4O4. The van der Waals surface area contributed by atoms with E-state index in [4.69, 9.17) is 16.2 Å². The van der Waals surface area contributed by atoms with Gasteiger partial charge < -0.3 is 26.8 Å². The first-order valence-electron chi connectivity index (χ1n) is 9.89. The van der Waals surface area contributed by atoms with Gasteiger partial charge in [-0.15, -0.1) is 0 Å². The van der Waals surface area contributed by atoms with Crippen molar-refractivity contribution in [2.24, 2.45) is 11.5 Å². The minimum Gasteiger partial charge on any atom is -0.449 e. The summed E-state index contributed by atoms with van der Waals surface area (Å²) in [6.07, 6.45) is 0.150. The first-order chi connectivity index (χ1) is 14.5. The Balaban J connectivity index is 1.64. The zero-order valence-electron chi connectivity index (χ0n) is 16.6. The van der Waals surface area contributed by atoms with Crippen molar-refractivity contribution >= 4 is 17.9 Å². The van der Waals surface area contributed by atoms with E-state index in [0.29, 0.717) is 19.4 Å². The number of benzene rings is 2. The monoisotopic (exact) mass is 410 g/mol. The number of nitrogens with one attached hydrogen (secondary N) is 2. The molecule has 0 bridgehead atoms. The summed E-state index contributed by atoms with van der Waals surface area (Å²) in [4.78, 5) is 35.5. The van der Waals surface area contributed by atoms with Gasteiger partial charge in [0.2, 0.25) is 11.8 Å². The molecule has 8 nitrogen and oxygen atoms in total. The van der Waals surface area contributed by atoms with Crippen LogP contribution in [-0.2, 0) is 14.3 Å². The molecule has 3 amide bonds. The van der Waals surface area contributed by atoms with Crippen molar-refractivity contribution in [2.75, 3.05) is 19.7 Å². The van der Waals surface area contributed by atoms with Crippen LogP contribution >= 0.6 is 0 Å². The van der Waals surface area contributed by atoms with Gasteiger partial charge in [-0.3, -0.25) is 9.59 Å². The van der Waals surface area contributed by atoms with Gasteiger partial charge in [0.25, 0.3) is 0 Å². The van der Waals surface area contributed by atoms with E-state index < -0.39 is 23.9 Å². The van der Waals surface area contributed by atoms with Crippen LogP contribution in [0.25, 0.3) is 11.1 Å². The summed E-state index contributed by atoms with van der Waals surface area (Å²) in [7, 11) is 0. The lowest BCUT2D eigenvalue weighted by Gasteiger charge is -2.19. The van der Waals surface area contributed by atoms with Gasteiger partial charge in [0.05, 0.1) is 6.54 Å². The Morgan fingerprint density at radius 2 is 1.60 bits per heavy atom. The summed E-state index contributed by atoms with van der Waals surface area (Å²) in [5.74, 6) is -1.24. The van der Waals surface area contributed by atoms with Crippen molar-refractivity contribution < 1.29 is 19.1 Å². The van der Waals surface area contributed by atoms with E-state index in [1.807, 2.05) is 36.4 Å². The number of hydrogen-bond acceptors (Lipinski definition) is 5. The Hall–Kier alpha value is -3.39. The molecule has 2 aromatic rings. The van der Waals surface area contributed by atoms with Crippen LogP contribution in [0.3, 0.4) is 0 Å². The van der Waals surface area contributed by atoms with Crippen LogP contribution in [0.5, 0.6) is 0 Å². The number of rotatable bonds is 9. The van der Waals surface area contributed by atoms with Gasteiger partial charge >= 0.3 is 6.09 Å². The number of carbonyl (C=O) groups excluding carboxylic acids is 3. The molecule has 0 saturated heterocycles. The molecular weight excluding hydrogens is 384 g/mol. The summed E-state index contributed by atoms with van der Waals surface area (Å²) in [6.45, 7) is 0.211. The minimum absolute atomic E-state index is 0.0747. The van der Waals surface area contributed by atoms with Crippen molar-refractivity contribution in [2.45, 2.75) is 24.8 Å². The molecule has 0 aliphatic heterocycles. The average molecular weight is 410 g/mol. The number of ether oxygens (including phenoxy) is 1. The van der Waals surface area contributed by atoms with E-state index in [-0.39, 0.29) is 19.1 Å². The minimum atomic E-state index is -0.858. The van der Waals surface area contributed by atoms with Gasteiger partial charge in [-0.1, -0.05) is 48.5 Å². The summed E-state index contributed by atoms with van der Waals surface area (Å²) >= 11 is 0. The highest BCUT2D eigenvalue weighted by Gasteiger charge is 2.29. The molecule has 0 unspecified atom stereocenters. The van der Waals surface area contributed by atoms with Crippen LogP contribution in [0, 0.1) is 0 Å². The lowest BCUT2D eigenvalue weighted by Crippen LogP contribution is -2.49. The molecule has 158 valence electrons. The molecule has 1 aliphatic carbocycles. The van der Waals surface area contributed by atoms with Crippen LogP contribution in [0.2, 0.25) is 0 Å². The zero-order valence-corrected chi connectivity index (χ0v) is 16.6. The van der Waals surface area contributed by atoms with Crippen molar-refractivity contribution in [3.8, 4) is 11.1 Å². The van der Waals surface area contributed by atoms with Gasteiger partial charge in [-0.2, -0.15) is 0 Å². The van der Waals surface area contributed by atoms with Crippen LogP contribution in [0.15, 0.2) is 48.5 Å². The standard InChI is InChI=1S/C22H26N4O4/c23-11-5-10-19(21(28)25-12-20(24)27)26-22(29)30-13-18-16-8-3-1-6-14(16)15-7-2-4-9-17(15)18/h1-4,6-9,18-19H,5,10-13,23H2,(H2,24,27)(H,25,28)(H,26,29)/t19-/m0/s1. The highest BCUT2D eigenvalue weighted by Crippen LogP contribution is 2.44. The number of fused-ring (bicyclic) bond motifs is 3. The first kappa shape index (κ1) is 21.3. The molecule has 1 atom stereocenters. The molecule has 6 N–H and O–H groups in total. The van der Waals surface area contributed by atoms with Crippen molar-refractivity contribution in [1.29, 1.82) is 0 Å². The van der Waals surface area contributed by atoms with Crippen molar-refractivity contribution in [1.82, 2.24) is 10.6 Å². The van der Waals surface area contributed by atoms with Gasteiger partial charge in [0.1, 0.15) is 12.6 Å². The molecule has 0 radical (unpaired) electrons. The van der Waals surface area contributed by atoms with E-state index in [1.54, 1.807) is 0 Å². The van der Waals surface area contributed by atoms with Crippen molar-refractivity contribution in [3.05, 3.63) is 59.7 Å². The normalized spacial score (nSPS) is 13.1. The fourth-order valence-electron chi connectivity index (χ4n) is 3.67. The highest BCUT2D eigenvalue weighted by atomic mass is 16.5. The maximum Gasteiger partial charge on any atom is 0.407 e. The van der Waals surface area contributed by atoms with Crippen LogP contribution in [0.1, 0.15) is 29.9 Å². The molecule has 2 aromatic carbocycles. The van der Waals surface area contributed by atoms with E-state index in [0.717, 1.165) is 22.3 Å². The predicted molar refractivity (Wildman–Crippen MR) is 112 cm³/mol. The molecule has 1 aliphatic rings. The van der Waals surface area contributed by atoms with Crippen LogP contribution in [0.4, 0.5) is 4.79 Å². The Morgan fingerprint density at radius 1 is 1.00 bits per heavy atom. The largest absolute Gasteiger partial charge is 0.449 e. The zero-order chi connectivity index (χ0) is 21.5. The molecule has 0 spiro atoms. The van der Waals surface area contributed by atoms with E-state index in [1.165, 1.54) is 0 Å². The van der Waals surface area contributed by atoms with E-state index in [2.05, 4.69) is 22.8 Å². The molecule has 8 heteroatoms. The summed E-state index contributed by atoms with van der Waals surface area (Å²) in [6, 6.07) is 15.2. The Kier molecular flexibility index (Phi) is 7.03. The molecule has 0 saturated carbocycles. The van der Waals surface area contributed by atoms with Crippen LogP contribution < -0.4 is 22.1 Å². The Morgan fingerprint density at radius 3 is 2.17 bits per heavy atom. The second-order valence-electron chi connectivity index (χ2n) is 7.14. The van der Waals surface area contributed by atoms with Gasteiger partial charge in [-0.05, 0) is 41.6 Å².